The highest BCUT2D eigenvalue weighted by molar-refractivity contribution is 5.82. The van der Waals surface area contributed by atoms with E-state index in [2.05, 4.69) is 9.73 Å². The van der Waals surface area contributed by atoms with E-state index in [9.17, 15) is 4.79 Å². The van der Waals surface area contributed by atoms with Gasteiger partial charge in [0.05, 0.1) is 7.11 Å². The quantitative estimate of drug-likeness (QED) is 0.515. The Bertz CT molecular complexity index is 293. The third-order valence-corrected chi connectivity index (χ3v) is 1.49. The Balaban J connectivity index is 2.45. The average molecular weight is 177 g/mol. The van der Waals surface area contributed by atoms with E-state index < -0.39 is 0 Å². The molecule has 0 amide bonds. The molecule has 3 nitrogen and oxygen atoms in total. The second kappa shape index (κ2) is 5.09. The molecule has 0 heterocycles. The maximum Gasteiger partial charge on any atom is 0.327 e. The van der Waals surface area contributed by atoms with E-state index in [1.165, 1.54) is 7.11 Å². The molecular formula is C10H11NO2. The van der Waals surface area contributed by atoms with Gasteiger partial charge in [-0.05, 0) is 5.56 Å². The summed E-state index contributed by atoms with van der Waals surface area (Å²) < 4.78 is 4.44. The largest absolute Gasteiger partial charge is 0.468 e. The highest BCUT2D eigenvalue weighted by Crippen LogP contribution is 1.93. The molecule has 0 unspecified atom stereocenters. The zero-order chi connectivity index (χ0) is 9.52. The summed E-state index contributed by atoms with van der Waals surface area (Å²) in [5.41, 5.74) is 0.978. The fourth-order valence-electron chi connectivity index (χ4n) is 0.829. The molecule has 0 fully saturated rings. The molecule has 0 saturated heterocycles. The van der Waals surface area contributed by atoms with Gasteiger partial charge < -0.3 is 4.74 Å². The van der Waals surface area contributed by atoms with Crippen LogP contribution < -0.4 is 0 Å². The number of aliphatic imine (C=N–C) groups is 1. The number of ether oxygens (including phenoxy) is 1. The number of hydrogen-bond acceptors (Lipinski definition) is 3. The Labute approximate surface area is 77.1 Å². The van der Waals surface area contributed by atoms with Crippen LogP contribution in [0.15, 0.2) is 35.3 Å². The normalized spacial score (nSPS) is 10.2. The van der Waals surface area contributed by atoms with Crippen molar-refractivity contribution in [2.75, 3.05) is 13.7 Å². The molecule has 13 heavy (non-hydrogen) atoms. The number of carbonyl (C=O) groups is 1. The van der Waals surface area contributed by atoms with E-state index in [0.717, 1.165) is 5.56 Å². The minimum absolute atomic E-state index is 0.0748. The van der Waals surface area contributed by atoms with Crippen molar-refractivity contribution in [1.29, 1.82) is 0 Å². The van der Waals surface area contributed by atoms with Crippen molar-refractivity contribution in [3.8, 4) is 0 Å². The van der Waals surface area contributed by atoms with E-state index in [-0.39, 0.29) is 12.5 Å². The lowest BCUT2D eigenvalue weighted by Crippen LogP contribution is -2.04. The molecule has 0 aliphatic rings. The summed E-state index contributed by atoms with van der Waals surface area (Å²) in [7, 11) is 1.35. The van der Waals surface area contributed by atoms with Crippen molar-refractivity contribution in [1.82, 2.24) is 0 Å². The maximum atomic E-state index is 10.7. The topological polar surface area (TPSA) is 38.7 Å². The summed E-state index contributed by atoms with van der Waals surface area (Å²) in [6.45, 7) is 0.0748. The molecule has 1 aromatic carbocycles. The van der Waals surface area contributed by atoms with Crippen molar-refractivity contribution in [3.05, 3.63) is 35.9 Å². The molecule has 0 radical (unpaired) electrons. The molecule has 0 spiro atoms. The minimum Gasteiger partial charge on any atom is -0.468 e. The van der Waals surface area contributed by atoms with Gasteiger partial charge in [-0.15, -0.1) is 0 Å². The summed E-state index contributed by atoms with van der Waals surface area (Å²) in [5, 5.41) is 0. The third-order valence-electron chi connectivity index (χ3n) is 1.49. The Hall–Kier alpha value is -1.64. The molecule has 0 N–H and O–H groups in total. The van der Waals surface area contributed by atoms with E-state index in [1.54, 1.807) is 6.21 Å². The lowest BCUT2D eigenvalue weighted by Gasteiger charge is -1.92. The zero-order valence-corrected chi connectivity index (χ0v) is 7.43. The van der Waals surface area contributed by atoms with Gasteiger partial charge in [-0.25, -0.2) is 0 Å². The van der Waals surface area contributed by atoms with Crippen LogP contribution in [0.4, 0.5) is 0 Å². The second-order valence-corrected chi connectivity index (χ2v) is 2.46. The van der Waals surface area contributed by atoms with Crippen LogP contribution in [0.2, 0.25) is 0 Å². The van der Waals surface area contributed by atoms with Gasteiger partial charge in [0.2, 0.25) is 0 Å². The molecule has 0 aliphatic heterocycles. The summed E-state index contributed by atoms with van der Waals surface area (Å²) in [6.07, 6.45) is 1.65. The molecular weight excluding hydrogens is 166 g/mol. The molecule has 0 aromatic heterocycles. The number of hydrogen-bond donors (Lipinski definition) is 0. The van der Waals surface area contributed by atoms with E-state index in [4.69, 9.17) is 0 Å². The molecule has 0 saturated carbocycles. The Morgan fingerprint density at radius 2 is 2.15 bits per heavy atom. The van der Waals surface area contributed by atoms with Gasteiger partial charge >= 0.3 is 5.97 Å². The van der Waals surface area contributed by atoms with Crippen molar-refractivity contribution < 1.29 is 9.53 Å². The number of rotatable bonds is 3. The highest BCUT2D eigenvalue weighted by Gasteiger charge is 1.94. The number of methoxy groups -OCH3 is 1. The Morgan fingerprint density at radius 1 is 1.46 bits per heavy atom. The molecule has 0 aliphatic carbocycles. The second-order valence-electron chi connectivity index (χ2n) is 2.46. The van der Waals surface area contributed by atoms with Crippen LogP contribution in [0.25, 0.3) is 0 Å². The van der Waals surface area contributed by atoms with Crippen LogP contribution in [-0.2, 0) is 9.53 Å². The fourth-order valence-corrected chi connectivity index (χ4v) is 0.829. The average Bonchev–Trinajstić information content (AvgIpc) is 2.19. The van der Waals surface area contributed by atoms with E-state index in [0.29, 0.717) is 0 Å². The van der Waals surface area contributed by atoms with Crippen molar-refractivity contribution in [2.45, 2.75) is 0 Å². The van der Waals surface area contributed by atoms with Crippen LogP contribution in [0.5, 0.6) is 0 Å². The number of carbonyl (C=O) groups excluding carboxylic acids is 1. The van der Waals surface area contributed by atoms with Crippen LogP contribution in [0.1, 0.15) is 5.56 Å². The molecule has 3 heteroatoms. The summed E-state index contributed by atoms with van der Waals surface area (Å²) in [5.74, 6) is -0.327. The standard InChI is InChI=1S/C10H11NO2/c1-13-10(12)8-11-7-9-5-3-2-4-6-9/h2-7H,8H2,1H3/b11-7+. The van der Waals surface area contributed by atoms with Crippen molar-refractivity contribution in [3.63, 3.8) is 0 Å². The van der Waals surface area contributed by atoms with Crippen LogP contribution in [0, 0.1) is 0 Å². The molecule has 0 atom stereocenters. The van der Waals surface area contributed by atoms with Gasteiger partial charge in [-0.2, -0.15) is 0 Å². The first-order chi connectivity index (χ1) is 6.33. The Kier molecular flexibility index (Phi) is 3.70. The van der Waals surface area contributed by atoms with Crippen LogP contribution in [0.3, 0.4) is 0 Å². The monoisotopic (exact) mass is 177 g/mol. The number of benzene rings is 1. The predicted molar refractivity (Wildman–Crippen MR) is 50.9 cm³/mol. The lowest BCUT2D eigenvalue weighted by atomic mass is 10.2. The molecule has 0 bridgehead atoms. The smallest absolute Gasteiger partial charge is 0.327 e. The van der Waals surface area contributed by atoms with Crippen molar-refractivity contribution in [2.24, 2.45) is 4.99 Å². The first kappa shape index (κ1) is 9.45. The van der Waals surface area contributed by atoms with E-state index >= 15 is 0 Å². The summed E-state index contributed by atoms with van der Waals surface area (Å²) in [6, 6.07) is 9.60. The van der Waals surface area contributed by atoms with E-state index in [1.807, 2.05) is 30.3 Å². The maximum absolute atomic E-state index is 10.7. The van der Waals surface area contributed by atoms with Gasteiger partial charge in [-0.1, -0.05) is 30.3 Å². The third kappa shape index (κ3) is 3.51. The van der Waals surface area contributed by atoms with Gasteiger partial charge in [0, 0.05) is 6.21 Å². The molecule has 1 aromatic rings. The number of esters is 1. The summed E-state index contributed by atoms with van der Waals surface area (Å²) >= 11 is 0. The Morgan fingerprint density at radius 3 is 2.77 bits per heavy atom. The lowest BCUT2D eigenvalue weighted by molar-refractivity contribution is -0.138. The number of nitrogens with zero attached hydrogens (tertiary/aromatic N) is 1. The zero-order valence-electron chi connectivity index (χ0n) is 7.43. The first-order valence-electron chi connectivity index (χ1n) is 3.94. The van der Waals surface area contributed by atoms with Crippen LogP contribution in [-0.4, -0.2) is 25.8 Å². The SMILES string of the molecule is COC(=O)C/N=C/c1ccccc1. The van der Waals surface area contributed by atoms with Gasteiger partial charge in [-0.3, -0.25) is 9.79 Å². The van der Waals surface area contributed by atoms with Gasteiger partial charge in [0.15, 0.2) is 0 Å². The van der Waals surface area contributed by atoms with Crippen molar-refractivity contribution >= 4 is 12.2 Å². The molecule has 1 rings (SSSR count). The minimum atomic E-state index is -0.327. The van der Waals surface area contributed by atoms with Crippen LogP contribution >= 0.6 is 0 Å². The fraction of sp³-hybridized carbons (Fsp3) is 0.200. The summed E-state index contributed by atoms with van der Waals surface area (Å²) in [4.78, 5) is 14.6. The van der Waals surface area contributed by atoms with Gasteiger partial charge in [0.25, 0.3) is 0 Å². The predicted octanol–water partition coefficient (Wildman–Crippen LogP) is 1.28. The highest BCUT2D eigenvalue weighted by atomic mass is 16.5. The molecule has 68 valence electrons. The first-order valence-corrected chi connectivity index (χ1v) is 3.94. The van der Waals surface area contributed by atoms with Gasteiger partial charge in [0.1, 0.15) is 6.54 Å².